The highest BCUT2D eigenvalue weighted by molar-refractivity contribution is 5.54. The second kappa shape index (κ2) is 5.70. The SMILES string of the molecule is COc1ccc(OC)c(-n2c(C)cc(CC#N)c2C)c1. The summed E-state index contributed by atoms with van der Waals surface area (Å²) in [5.41, 5.74) is 4.08. The summed E-state index contributed by atoms with van der Waals surface area (Å²) in [4.78, 5) is 0. The molecule has 4 heteroatoms. The Morgan fingerprint density at radius 1 is 1.15 bits per heavy atom. The van der Waals surface area contributed by atoms with Crippen LogP contribution in [0.3, 0.4) is 0 Å². The summed E-state index contributed by atoms with van der Waals surface area (Å²) in [5, 5.41) is 8.89. The maximum absolute atomic E-state index is 8.89. The van der Waals surface area contributed by atoms with Crippen LogP contribution in [0.4, 0.5) is 0 Å². The van der Waals surface area contributed by atoms with E-state index in [4.69, 9.17) is 14.7 Å². The molecule has 0 bridgehead atoms. The number of rotatable bonds is 4. The van der Waals surface area contributed by atoms with Gasteiger partial charge in [0.25, 0.3) is 0 Å². The van der Waals surface area contributed by atoms with Gasteiger partial charge in [0, 0.05) is 17.5 Å². The normalized spacial score (nSPS) is 10.2. The van der Waals surface area contributed by atoms with Crippen LogP contribution in [-0.2, 0) is 6.42 Å². The van der Waals surface area contributed by atoms with Gasteiger partial charge in [-0.05, 0) is 37.6 Å². The summed E-state index contributed by atoms with van der Waals surface area (Å²) in [6.45, 7) is 4.03. The predicted molar refractivity (Wildman–Crippen MR) is 77.7 cm³/mol. The van der Waals surface area contributed by atoms with E-state index in [1.165, 1.54) is 0 Å². The van der Waals surface area contributed by atoms with Crippen LogP contribution in [0.25, 0.3) is 5.69 Å². The van der Waals surface area contributed by atoms with Crippen LogP contribution in [-0.4, -0.2) is 18.8 Å². The first-order chi connectivity index (χ1) is 9.62. The van der Waals surface area contributed by atoms with E-state index in [1.54, 1.807) is 14.2 Å². The van der Waals surface area contributed by atoms with Crippen molar-refractivity contribution < 1.29 is 9.47 Å². The van der Waals surface area contributed by atoms with E-state index in [2.05, 4.69) is 10.6 Å². The van der Waals surface area contributed by atoms with Crippen LogP contribution in [0, 0.1) is 25.2 Å². The molecule has 4 nitrogen and oxygen atoms in total. The molecule has 0 spiro atoms. The van der Waals surface area contributed by atoms with Gasteiger partial charge in [-0.1, -0.05) is 0 Å². The summed E-state index contributed by atoms with van der Waals surface area (Å²) < 4.78 is 12.8. The highest BCUT2D eigenvalue weighted by Gasteiger charge is 2.14. The van der Waals surface area contributed by atoms with Crippen LogP contribution in [0.2, 0.25) is 0 Å². The minimum Gasteiger partial charge on any atom is -0.497 e. The topological polar surface area (TPSA) is 47.2 Å². The third-order valence-corrected chi connectivity index (χ3v) is 3.43. The van der Waals surface area contributed by atoms with Crippen LogP contribution < -0.4 is 9.47 Å². The Kier molecular flexibility index (Phi) is 3.99. The Morgan fingerprint density at radius 3 is 2.50 bits per heavy atom. The number of nitrogens with zero attached hydrogens (tertiary/aromatic N) is 2. The van der Waals surface area contributed by atoms with Gasteiger partial charge < -0.3 is 14.0 Å². The summed E-state index contributed by atoms with van der Waals surface area (Å²) in [7, 11) is 3.29. The number of hydrogen-bond donors (Lipinski definition) is 0. The molecule has 0 N–H and O–H groups in total. The van der Waals surface area contributed by atoms with Gasteiger partial charge in [0.2, 0.25) is 0 Å². The molecule has 0 fully saturated rings. The standard InChI is InChI=1S/C16H18N2O2/c1-11-9-13(7-8-17)12(2)18(11)15-10-14(19-3)5-6-16(15)20-4/h5-6,9-10H,7H2,1-4H3. The quantitative estimate of drug-likeness (QED) is 0.857. The molecule has 0 aliphatic heterocycles. The number of nitriles is 1. The molecule has 0 radical (unpaired) electrons. The van der Waals surface area contributed by atoms with E-state index in [0.29, 0.717) is 6.42 Å². The predicted octanol–water partition coefficient (Wildman–Crippen LogP) is 3.18. The Labute approximate surface area is 119 Å². The monoisotopic (exact) mass is 270 g/mol. The van der Waals surface area contributed by atoms with Crippen molar-refractivity contribution in [3.63, 3.8) is 0 Å². The zero-order valence-electron chi connectivity index (χ0n) is 12.2. The zero-order valence-corrected chi connectivity index (χ0v) is 12.2. The number of hydrogen-bond acceptors (Lipinski definition) is 3. The van der Waals surface area contributed by atoms with E-state index in [9.17, 15) is 0 Å². The Morgan fingerprint density at radius 2 is 1.90 bits per heavy atom. The molecule has 0 atom stereocenters. The van der Waals surface area contributed by atoms with Crippen molar-refractivity contribution in [1.82, 2.24) is 4.57 Å². The first-order valence-electron chi connectivity index (χ1n) is 6.39. The lowest BCUT2D eigenvalue weighted by atomic mass is 10.2. The number of ether oxygens (including phenoxy) is 2. The fourth-order valence-corrected chi connectivity index (χ4v) is 2.44. The highest BCUT2D eigenvalue weighted by atomic mass is 16.5. The molecule has 2 rings (SSSR count). The van der Waals surface area contributed by atoms with E-state index in [-0.39, 0.29) is 0 Å². The van der Waals surface area contributed by atoms with Crippen molar-refractivity contribution in [2.75, 3.05) is 14.2 Å². The fraction of sp³-hybridized carbons (Fsp3) is 0.312. The summed E-state index contributed by atoms with van der Waals surface area (Å²) in [5.74, 6) is 1.55. The van der Waals surface area contributed by atoms with Crippen LogP contribution >= 0.6 is 0 Å². The Bertz CT molecular complexity index is 666. The van der Waals surface area contributed by atoms with E-state index < -0.39 is 0 Å². The maximum Gasteiger partial charge on any atom is 0.143 e. The minimum absolute atomic E-state index is 0.409. The molecule has 104 valence electrons. The number of methoxy groups -OCH3 is 2. The summed E-state index contributed by atoms with van der Waals surface area (Å²) in [6.07, 6.45) is 0.409. The van der Waals surface area contributed by atoms with Crippen molar-refractivity contribution in [3.8, 4) is 23.3 Å². The number of benzene rings is 1. The van der Waals surface area contributed by atoms with Crippen molar-refractivity contribution in [2.24, 2.45) is 0 Å². The van der Waals surface area contributed by atoms with E-state index in [1.807, 2.05) is 38.1 Å². The van der Waals surface area contributed by atoms with Crippen molar-refractivity contribution in [3.05, 3.63) is 41.2 Å². The van der Waals surface area contributed by atoms with Gasteiger partial charge in [-0.25, -0.2) is 0 Å². The van der Waals surface area contributed by atoms with Crippen molar-refractivity contribution in [2.45, 2.75) is 20.3 Å². The number of aromatic nitrogens is 1. The van der Waals surface area contributed by atoms with Gasteiger partial charge in [-0.3, -0.25) is 0 Å². The second-order valence-corrected chi connectivity index (χ2v) is 4.60. The molecule has 2 aromatic rings. The first-order valence-corrected chi connectivity index (χ1v) is 6.39. The molecular weight excluding hydrogens is 252 g/mol. The van der Waals surface area contributed by atoms with Crippen LogP contribution in [0.1, 0.15) is 17.0 Å². The summed E-state index contributed by atoms with van der Waals surface area (Å²) in [6, 6.07) is 9.93. The van der Waals surface area contributed by atoms with Crippen LogP contribution in [0.15, 0.2) is 24.3 Å². The van der Waals surface area contributed by atoms with E-state index in [0.717, 1.165) is 34.1 Å². The molecule has 1 aromatic carbocycles. The third-order valence-electron chi connectivity index (χ3n) is 3.43. The smallest absolute Gasteiger partial charge is 0.143 e. The lowest BCUT2D eigenvalue weighted by Crippen LogP contribution is -2.03. The average Bonchev–Trinajstić information content (AvgIpc) is 2.73. The van der Waals surface area contributed by atoms with Gasteiger partial charge in [-0.15, -0.1) is 0 Å². The van der Waals surface area contributed by atoms with Gasteiger partial charge >= 0.3 is 0 Å². The molecule has 0 amide bonds. The Balaban J connectivity index is 2.64. The van der Waals surface area contributed by atoms with Gasteiger partial charge in [0.05, 0.1) is 32.4 Å². The Hall–Kier alpha value is -2.41. The molecule has 0 unspecified atom stereocenters. The van der Waals surface area contributed by atoms with Crippen LogP contribution in [0.5, 0.6) is 11.5 Å². The molecule has 0 saturated carbocycles. The maximum atomic E-state index is 8.89. The average molecular weight is 270 g/mol. The summed E-state index contributed by atoms with van der Waals surface area (Å²) >= 11 is 0. The van der Waals surface area contributed by atoms with Gasteiger partial charge in [-0.2, -0.15) is 5.26 Å². The second-order valence-electron chi connectivity index (χ2n) is 4.60. The fourth-order valence-electron chi connectivity index (χ4n) is 2.44. The molecule has 0 saturated heterocycles. The van der Waals surface area contributed by atoms with Crippen molar-refractivity contribution in [1.29, 1.82) is 5.26 Å². The van der Waals surface area contributed by atoms with Crippen molar-refractivity contribution >= 4 is 0 Å². The molecule has 0 aliphatic carbocycles. The number of aryl methyl sites for hydroxylation is 1. The lowest BCUT2D eigenvalue weighted by Gasteiger charge is -2.15. The minimum atomic E-state index is 0.409. The first kappa shape index (κ1) is 14.0. The molecule has 1 heterocycles. The highest BCUT2D eigenvalue weighted by Crippen LogP contribution is 2.31. The van der Waals surface area contributed by atoms with E-state index >= 15 is 0 Å². The molecule has 20 heavy (non-hydrogen) atoms. The van der Waals surface area contributed by atoms with Gasteiger partial charge in [0.1, 0.15) is 11.5 Å². The molecule has 1 aromatic heterocycles. The lowest BCUT2D eigenvalue weighted by molar-refractivity contribution is 0.401. The third kappa shape index (κ3) is 2.35. The zero-order chi connectivity index (χ0) is 14.7. The largest absolute Gasteiger partial charge is 0.497 e. The molecular formula is C16H18N2O2. The van der Waals surface area contributed by atoms with Gasteiger partial charge in [0.15, 0.2) is 0 Å². The molecule has 0 aliphatic rings.